The lowest BCUT2D eigenvalue weighted by Crippen LogP contribution is -2.18. The Hall–Kier alpha value is -1.13. The van der Waals surface area contributed by atoms with Crippen molar-refractivity contribution in [3.8, 4) is 0 Å². The van der Waals surface area contributed by atoms with E-state index in [0.29, 0.717) is 6.54 Å². The fourth-order valence-electron chi connectivity index (χ4n) is 1.20. The summed E-state index contributed by atoms with van der Waals surface area (Å²) in [6, 6.07) is 3.82. The molecule has 0 aliphatic rings. The molecule has 1 heterocycles. The summed E-state index contributed by atoms with van der Waals surface area (Å²) in [6.07, 6.45) is 1.75. The molecule has 0 aliphatic heterocycles. The Morgan fingerprint density at radius 2 is 2.08 bits per heavy atom. The van der Waals surface area contributed by atoms with E-state index < -0.39 is 0 Å². The SMILES string of the molecule is CN(O)Cc1cccnc1N(C)C. The number of hydroxylamine groups is 2. The first-order valence-electron chi connectivity index (χ1n) is 4.12. The second-order valence-electron chi connectivity index (χ2n) is 3.20. The van der Waals surface area contributed by atoms with Crippen LogP contribution < -0.4 is 4.90 Å². The number of aromatic nitrogens is 1. The van der Waals surface area contributed by atoms with Gasteiger partial charge in [-0.1, -0.05) is 6.07 Å². The first kappa shape index (κ1) is 9.95. The van der Waals surface area contributed by atoms with Crippen molar-refractivity contribution >= 4 is 5.82 Å². The maximum absolute atomic E-state index is 9.10. The van der Waals surface area contributed by atoms with E-state index in [1.54, 1.807) is 13.2 Å². The predicted molar refractivity (Wildman–Crippen MR) is 51.8 cm³/mol. The van der Waals surface area contributed by atoms with E-state index in [2.05, 4.69) is 4.98 Å². The van der Waals surface area contributed by atoms with Crippen LogP contribution in [0.2, 0.25) is 0 Å². The van der Waals surface area contributed by atoms with Crippen molar-refractivity contribution in [2.75, 3.05) is 26.0 Å². The van der Waals surface area contributed by atoms with E-state index in [-0.39, 0.29) is 0 Å². The molecule has 1 rings (SSSR count). The fraction of sp³-hybridized carbons (Fsp3) is 0.444. The van der Waals surface area contributed by atoms with Gasteiger partial charge < -0.3 is 10.1 Å². The molecule has 0 saturated carbocycles. The molecule has 0 saturated heterocycles. The molecule has 0 spiro atoms. The quantitative estimate of drug-likeness (QED) is 0.705. The molecule has 4 heteroatoms. The maximum atomic E-state index is 9.10. The van der Waals surface area contributed by atoms with Gasteiger partial charge in [0.05, 0.1) is 6.54 Å². The normalized spacial score (nSPS) is 10.5. The van der Waals surface area contributed by atoms with Gasteiger partial charge in [0.2, 0.25) is 0 Å². The summed E-state index contributed by atoms with van der Waals surface area (Å²) >= 11 is 0. The molecule has 0 atom stereocenters. The highest BCUT2D eigenvalue weighted by molar-refractivity contribution is 5.44. The molecular weight excluding hydrogens is 166 g/mol. The zero-order valence-electron chi connectivity index (χ0n) is 8.23. The summed E-state index contributed by atoms with van der Waals surface area (Å²) in [7, 11) is 5.48. The van der Waals surface area contributed by atoms with E-state index in [4.69, 9.17) is 5.21 Å². The fourth-order valence-corrected chi connectivity index (χ4v) is 1.20. The lowest BCUT2D eigenvalue weighted by molar-refractivity contribution is -0.0730. The van der Waals surface area contributed by atoms with Crippen molar-refractivity contribution in [1.29, 1.82) is 0 Å². The van der Waals surface area contributed by atoms with E-state index in [1.165, 1.54) is 0 Å². The van der Waals surface area contributed by atoms with Gasteiger partial charge in [-0.3, -0.25) is 0 Å². The Bertz CT molecular complexity index is 273. The van der Waals surface area contributed by atoms with Gasteiger partial charge in [-0.25, -0.2) is 4.98 Å². The summed E-state index contributed by atoms with van der Waals surface area (Å²) < 4.78 is 0. The molecule has 1 aromatic rings. The van der Waals surface area contributed by atoms with Crippen LogP contribution in [0.15, 0.2) is 18.3 Å². The Labute approximate surface area is 78.4 Å². The van der Waals surface area contributed by atoms with Gasteiger partial charge in [0, 0.05) is 32.9 Å². The molecule has 0 unspecified atom stereocenters. The summed E-state index contributed by atoms with van der Waals surface area (Å²) in [5, 5.41) is 10.2. The molecule has 1 aromatic heterocycles. The number of pyridine rings is 1. The molecule has 13 heavy (non-hydrogen) atoms. The van der Waals surface area contributed by atoms with Gasteiger partial charge in [-0.05, 0) is 6.07 Å². The first-order valence-corrected chi connectivity index (χ1v) is 4.12. The third-order valence-corrected chi connectivity index (χ3v) is 1.69. The molecule has 1 N–H and O–H groups in total. The summed E-state index contributed by atoms with van der Waals surface area (Å²) in [4.78, 5) is 6.15. The lowest BCUT2D eigenvalue weighted by Gasteiger charge is -2.17. The van der Waals surface area contributed by atoms with Gasteiger partial charge in [0.25, 0.3) is 0 Å². The largest absolute Gasteiger partial charge is 0.362 e. The molecule has 72 valence electrons. The monoisotopic (exact) mass is 181 g/mol. The first-order chi connectivity index (χ1) is 6.11. The van der Waals surface area contributed by atoms with Crippen LogP contribution in [0.4, 0.5) is 5.82 Å². The van der Waals surface area contributed by atoms with Crippen molar-refractivity contribution in [3.05, 3.63) is 23.9 Å². The van der Waals surface area contributed by atoms with Crippen LogP contribution in [-0.4, -0.2) is 36.4 Å². The average Bonchev–Trinajstić information content (AvgIpc) is 2.03. The van der Waals surface area contributed by atoms with Crippen LogP contribution >= 0.6 is 0 Å². The minimum atomic E-state index is 0.487. The number of hydrogen-bond acceptors (Lipinski definition) is 4. The third-order valence-electron chi connectivity index (χ3n) is 1.69. The number of hydrogen-bond donors (Lipinski definition) is 1. The topological polar surface area (TPSA) is 39.6 Å². The molecule has 0 bridgehead atoms. The summed E-state index contributed by atoms with van der Waals surface area (Å²) in [5.74, 6) is 0.892. The van der Waals surface area contributed by atoms with Crippen molar-refractivity contribution in [3.63, 3.8) is 0 Å². The van der Waals surface area contributed by atoms with Gasteiger partial charge in [-0.15, -0.1) is 0 Å². The van der Waals surface area contributed by atoms with E-state index in [1.807, 2.05) is 31.1 Å². The molecule has 4 nitrogen and oxygen atoms in total. The molecule has 0 aliphatic carbocycles. The Morgan fingerprint density at radius 3 is 2.62 bits per heavy atom. The molecule has 0 aromatic carbocycles. The molecule has 0 amide bonds. The summed E-state index contributed by atoms with van der Waals surface area (Å²) in [5.41, 5.74) is 1.01. The van der Waals surface area contributed by atoms with Crippen LogP contribution in [-0.2, 0) is 6.54 Å². The zero-order valence-corrected chi connectivity index (χ0v) is 8.23. The van der Waals surface area contributed by atoms with Crippen LogP contribution in [0.1, 0.15) is 5.56 Å². The van der Waals surface area contributed by atoms with E-state index >= 15 is 0 Å². The maximum Gasteiger partial charge on any atom is 0.132 e. The third kappa shape index (κ3) is 2.68. The zero-order chi connectivity index (χ0) is 9.84. The molecule has 0 fully saturated rings. The Balaban J connectivity index is 2.91. The Morgan fingerprint density at radius 1 is 1.38 bits per heavy atom. The second-order valence-corrected chi connectivity index (χ2v) is 3.20. The van der Waals surface area contributed by atoms with Crippen molar-refractivity contribution < 1.29 is 5.21 Å². The molecule has 0 radical (unpaired) electrons. The highest BCUT2D eigenvalue weighted by Crippen LogP contribution is 2.14. The number of anilines is 1. The number of nitrogens with zero attached hydrogens (tertiary/aromatic N) is 3. The van der Waals surface area contributed by atoms with Gasteiger partial charge in [-0.2, -0.15) is 5.06 Å². The van der Waals surface area contributed by atoms with Crippen molar-refractivity contribution in [1.82, 2.24) is 10.0 Å². The van der Waals surface area contributed by atoms with Crippen LogP contribution in [0.3, 0.4) is 0 Å². The van der Waals surface area contributed by atoms with Crippen molar-refractivity contribution in [2.45, 2.75) is 6.54 Å². The highest BCUT2D eigenvalue weighted by atomic mass is 16.5. The predicted octanol–water partition coefficient (Wildman–Crippen LogP) is 0.969. The van der Waals surface area contributed by atoms with E-state index in [0.717, 1.165) is 16.4 Å². The highest BCUT2D eigenvalue weighted by Gasteiger charge is 2.05. The van der Waals surface area contributed by atoms with Gasteiger partial charge in [0.15, 0.2) is 0 Å². The standard InChI is InChI=1S/C9H15N3O/c1-11(2)9-8(7-12(3)13)5-4-6-10-9/h4-6,13H,7H2,1-3H3. The summed E-state index contributed by atoms with van der Waals surface area (Å²) in [6.45, 7) is 0.487. The van der Waals surface area contributed by atoms with Crippen molar-refractivity contribution in [2.24, 2.45) is 0 Å². The molecular formula is C9H15N3O. The smallest absolute Gasteiger partial charge is 0.132 e. The van der Waals surface area contributed by atoms with Crippen LogP contribution in [0.5, 0.6) is 0 Å². The average molecular weight is 181 g/mol. The van der Waals surface area contributed by atoms with Gasteiger partial charge >= 0.3 is 0 Å². The van der Waals surface area contributed by atoms with E-state index in [9.17, 15) is 0 Å². The van der Waals surface area contributed by atoms with Crippen LogP contribution in [0, 0.1) is 0 Å². The minimum absolute atomic E-state index is 0.487. The van der Waals surface area contributed by atoms with Crippen LogP contribution in [0.25, 0.3) is 0 Å². The minimum Gasteiger partial charge on any atom is -0.362 e. The Kier molecular flexibility index (Phi) is 3.22. The van der Waals surface area contributed by atoms with Gasteiger partial charge in [0.1, 0.15) is 5.82 Å². The lowest BCUT2D eigenvalue weighted by atomic mass is 10.2. The second kappa shape index (κ2) is 4.20. The number of rotatable bonds is 3.